The maximum atomic E-state index is 10.8. The van der Waals surface area contributed by atoms with Crippen molar-refractivity contribution in [2.24, 2.45) is 9.98 Å². The maximum Gasteiger partial charge on any atom is 0.166 e. The number of aliphatic imine (C=N–C) groups is 2. The molecule has 0 fully saturated rings. The van der Waals surface area contributed by atoms with Gasteiger partial charge in [-0.05, 0) is 24.5 Å². The molecule has 2 aliphatic heterocycles. The number of rotatable bonds is 5. The van der Waals surface area contributed by atoms with Gasteiger partial charge in [0, 0.05) is 12.6 Å². The predicted molar refractivity (Wildman–Crippen MR) is 81.4 cm³/mol. The van der Waals surface area contributed by atoms with Crippen molar-refractivity contribution in [2.75, 3.05) is 11.4 Å². The number of H-pyrrole nitrogens is 1. The number of nitrogens with one attached hydrogen (secondary N) is 1. The number of hydrogen-bond acceptors (Lipinski definition) is 4. The smallest absolute Gasteiger partial charge is 0.166 e. The Bertz CT molecular complexity index is 669. The molecule has 6 heteroatoms. The molecular formula is C15H16N4O2. The van der Waals surface area contributed by atoms with Gasteiger partial charge in [-0.25, -0.2) is 4.99 Å². The van der Waals surface area contributed by atoms with E-state index in [0.29, 0.717) is 18.0 Å². The van der Waals surface area contributed by atoms with Crippen LogP contribution in [0, 0.1) is 0 Å². The van der Waals surface area contributed by atoms with E-state index in [1.807, 2.05) is 19.1 Å². The number of nitrogens with zero attached hydrogens (tertiary/aromatic N) is 3. The average molecular weight is 284 g/mol. The lowest BCUT2D eigenvalue weighted by molar-refractivity contribution is -0.108. The molecular weight excluding hydrogens is 268 g/mol. The molecule has 0 saturated carbocycles. The second-order valence-electron chi connectivity index (χ2n) is 5.04. The number of anilines is 1. The Morgan fingerprint density at radius 1 is 1.52 bits per heavy atom. The highest BCUT2D eigenvalue weighted by molar-refractivity contribution is 6.11. The largest absolute Gasteiger partial charge is 0.339 e. The molecule has 0 saturated heterocycles. The van der Waals surface area contributed by atoms with Crippen molar-refractivity contribution in [1.82, 2.24) is 4.98 Å². The van der Waals surface area contributed by atoms with Gasteiger partial charge >= 0.3 is 0 Å². The van der Waals surface area contributed by atoms with Gasteiger partial charge in [-0.1, -0.05) is 6.92 Å². The fourth-order valence-electron chi connectivity index (χ4n) is 2.55. The Kier molecular flexibility index (Phi) is 3.51. The zero-order chi connectivity index (χ0) is 14.8. The Morgan fingerprint density at radius 2 is 2.38 bits per heavy atom. The summed E-state index contributed by atoms with van der Waals surface area (Å²) in [5, 5.41) is 0. The number of aldehydes is 2. The van der Waals surface area contributed by atoms with Gasteiger partial charge in [0.1, 0.15) is 24.0 Å². The Labute approximate surface area is 122 Å². The fraction of sp³-hybridized carbons (Fsp3) is 0.333. The summed E-state index contributed by atoms with van der Waals surface area (Å²) in [6, 6.07) is 1.54. The normalized spacial score (nSPS) is 19.8. The zero-order valence-electron chi connectivity index (χ0n) is 11.7. The molecule has 1 atom stereocenters. The van der Waals surface area contributed by atoms with Crippen molar-refractivity contribution in [3.05, 3.63) is 29.1 Å². The van der Waals surface area contributed by atoms with Crippen LogP contribution in [0.15, 0.2) is 27.8 Å². The first-order valence-corrected chi connectivity index (χ1v) is 6.98. The summed E-state index contributed by atoms with van der Waals surface area (Å²) in [6.07, 6.45) is 6.82. The molecule has 2 aliphatic rings. The molecule has 0 radical (unpaired) electrons. The van der Waals surface area contributed by atoms with Crippen LogP contribution in [-0.2, 0) is 11.2 Å². The van der Waals surface area contributed by atoms with Crippen molar-refractivity contribution < 1.29 is 9.59 Å². The van der Waals surface area contributed by atoms with E-state index in [1.54, 1.807) is 6.21 Å². The minimum Gasteiger partial charge on any atom is -0.339 e. The van der Waals surface area contributed by atoms with Crippen LogP contribution in [0.2, 0.25) is 0 Å². The first kappa shape index (κ1) is 13.5. The number of carbonyl (C=O) groups excluding carboxylic acids is 2. The Morgan fingerprint density at radius 3 is 3.10 bits per heavy atom. The van der Waals surface area contributed by atoms with Crippen molar-refractivity contribution in [1.29, 1.82) is 0 Å². The van der Waals surface area contributed by atoms with E-state index in [4.69, 9.17) is 0 Å². The fourth-order valence-corrected chi connectivity index (χ4v) is 2.55. The van der Waals surface area contributed by atoms with Crippen LogP contribution in [0.5, 0.6) is 0 Å². The van der Waals surface area contributed by atoms with E-state index < -0.39 is 0 Å². The molecule has 6 nitrogen and oxygen atoms in total. The summed E-state index contributed by atoms with van der Waals surface area (Å²) in [5.41, 5.74) is 2.64. The van der Waals surface area contributed by atoms with E-state index in [1.165, 1.54) is 0 Å². The standard InChI is InChI=1S/C15H16N4O2/c1-2-11(8-20)17-14-6-13(7-16-14)19-4-3-10-5-12(9-21)18-15(10)19/h5-9,11,18H,2-4H2,1H3/b17-14-. The molecule has 21 heavy (non-hydrogen) atoms. The second kappa shape index (κ2) is 5.47. The van der Waals surface area contributed by atoms with Gasteiger partial charge in [0.2, 0.25) is 0 Å². The Hall–Kier alpha value is -2.50. The van der Waals surface area contributed by atoms with Gasteiger partial charge in [0.25, 0.3) is 0 Å². The highest BCUT2D eigenvalue weighted by Gasteiger charge is 2.25. The van der Waals surface area contributed by atoms with Crippen molar-refractivity contribution in [3.63, 3.8) is 0 Å². The van der Waals surface area contributed by atoms with Crippen LogP contribution in [0.4, 0.5) is 5.82 Å². The minimum absolute atomic E-state index is 0.339. The topological polar surface area (TPSA) is 77.9 Å². The molecule has 108 valence electrons. The van der Waals surface area contributed by atoms with E-state index in [-0.39, 0.29) is 6.04 Å². The van der Waals surface area contributed by atoms with Crippen molar-refractivity contribution >= 4 is 30.4 Å². The summed E-state index contributed by atoms with van der Waals surface area (Å²) in [6.45, 7) is 2.76. The number of hydrogen-bond donors (Lipinski definition) is 1. The number of carbonyl (C=O) groups is 2. The molecule has 1 unspecified atom stereocenters. The van der Waals surface area contributed by atoms with Crippen LogP contribution in [0.1, 0.15) is 29.4 Å². The van der Waals surface area contributed by atoms with Gasteiger partial charge in [-0.3, -0.25) is 9.79 Å². The molecule has 1 N–H and O–H groups in total. The van der Waals surface area contributed by atoms with E-state index in [0.717, 1.165) is 42.6 Å². The molecule has 0 aromatic carbocycles. The van der Waals surface area contributed by atoms with Crippen LogP contribution >= 0.6 is 0 Å². The molecule has 0 amide bonds. The van der Waals surface area contributed by atoms with E-state index in [2.05, 4.69) is 19.9 Å². The van der Waals surface area contributed by atoms with Crippen LogP contribution in [0.25, 0.3) is 0 Å². The highest BCUT2D eigenvalue weighted by Crippen LogP contribution is 2.31. The van der Waals surface area contributed by atoms with Gasteiger partial charge in [-0.15, -0.1) is 0 Å². The first-order valence-electron chi connectivity index (χ1n) is 6.98. The first-order chi connectivity index (χ1) is 10.2. The van der Waals surface area contributed by atoms with Gasteiger partial charge in [0.05, 0.1) is 17.6 Å². The molecule has 0 bridgehead atoms. The maximum absolute atomic E-state index is 10.8. The SMILES string of the molecule is CCC(C=O)/N=C1/C=C(N2CCc3cc(C=O)[nH]c32)C=N1. The summed E-state index contributed by atoms with van der Waals surface area (Å²) < 4.78 is 0. The van der Waals surface area contributed by atoms with Crippen LogP contribution in [0.3, 0.4) is 0 Å². The Balaban J connectivity index is 1.84. The lowest BCUT2D eigenvalue weighted by atomic mass is 10.2. The number of amidine groups is 1. The molecule has 1 aromatic rings. The highest BCUT2D eigenvalue weighted by atomic mass is 16.1. The van der Waals surface area contributed by atoms with Crippen molar-refractivity contribution in [3.8, 4) is 0 Å². The average Bonchev–Trinajstić information content (AvgIpc) is 3.19. The predicted octanol–water partition coefficient (Wildman–Crippen LogP) is 1.53. The second-order valence-corrected chi connectivity index (χ2v) is 5.04. The van der Waals surface area contributed by atoms with E-state index in [9.17, 15) is 9.59 Å². The third-order valence-electron chi connectivity index (χ3n) is 3.69. The minimum atomic E-state index is -0.339. The molecule has 1 aromatic heterocycles. The quantitative estimate of drug-likeness (QED) is 0.833. The summed E-state index contributed by atoms with van der Waals surface area (Å²) in [4.78, 5) is 35.4. The molecule has 3 heterocycles. The number of fused-ring (bicyclic) bond motifs is 1. The van der Waals surface area contributed by atoms with Crippen LogP contribution in [-0.4, -0.2) is 42.2 Å². The van der Waals surface area contributed by atoms with Gasteiger partial charge in [-0.2, -0.15) is 0 Å². The van der Waals surface area contributed by atoms with Crippen LogP contribution < -0.4 is 4.90 Å². The molecule has 3 rings (SSSR count). The summed E-state index contributed by atoms with van der Waals surface area (Å²) in [5.74, 6) is 1.51. The summed E-state index contributed by atoms with van der Waals surface area (Å²) >= 11 is 0. The van der Waals surface area contributed by atoms with Gasteiger partial charge in [0.15, 0.2) is 6.29 Å². The monoisotopic (exact) mass is 284 g/mol. The summed E-state index contributed by atoms with van der Waals surface area (Å²) in [7, 11) is 0. The number of aromatic nitrogens is 1. The lowest BCUT2D eigenvalue weighted by Crippen LogP contribution is -2.20. The zero-order valence-corrected chi connectivity index (χ0v) is 11.7. The number of allylic oxidation sites excluding steroid dienone is 1. The molecule has 0 spiro atoms. The van der Waals surface area contributed by atoms with E-state index >= 15 is 0 Å². The molecule has 0 aliphatic carbocycles. The lowest BCUT2D eigenvalue weighted by Gasteiger charge is -2.16. The third-order valence-corrected chi connectivity index (χ3v) is 3.69. The van der Waals surface area contributed by atoms with Crippen molar-refractivity contribution in [2.45, 2.75) is 25.8 Å². The number of aromatic amines is 1. The third kappa shape index (κ3) is 2.44. The van der Waals surface area contributed by atoms with Gasteiger partial charge < -0.3 is 14.7 Å².